The van der Waals surface area contributed by atoms with Gasteiger partial charge in [-0.15, -0.1) is 0 Å². The number of hydrogen-bond donors (Lipinski definition) is 1. The predicted octanol–water partition coefficient (Wildman–Crippen LogP) is 3.95. The lowest BCUT2D eigenvalue weighted by molar-refractivity contribution is 0.291. The van der Waals surface area contributed by atoms with Crippen LogP contribution in [0.2, 0.25) is 5.02 Å². The molecule has 0 aromatic heterocycles. The summed E-state index contributed by atoms with van der Waals surface area (Å²) in [5, 5.41) is 0.517. The van der Waals surface area contributed by atoms with Crippen LogP contribution in [0.25, 0.3) is 0 Å². The van der Waals surface area contributed by atoms with Crippen LogP contribution in [0, 0.1) is 12.7 Å². The van der Waals surface area contributed by atoms with Crippen LogP contribution >= 0.6 is 11.6 Å². The van der Waals surface area contributed by atoms with Gasteiger partial charge in [-0.25, -0.2) is 4.39 Å². The van der Waals surface area contributed by atoms with Crippen molar-refractivity contribution >= 4 is 17.3 Å². The second-order valence-corrected chi connectivity index (χ2v) is 4.44. The first-order valence-electron chi connectivity index (χ1n) is 5.50. The average molecular weight is 266 g/mol. The second kappa shape index (κ2) is 5.27. The van der Waals surface area contributed by atoms with Crippen molar-refractivity contribution in [2.45, 2.75) is 13.5 Å². The Balaban J connectivity index is 2.19. The molecule has 18 heavy (non-hydrogen) atoms. The van der Waals surface area contributed by atoms with Gasteiger partial charge in [0.15, 0.2) is 11.6 Å². The van der Waals surface area contributed by atoms with Crippen LogP contribution in [0.1, 0.15) is 11.1 Å². The number of nitrogens with two attached hydrogens (primary N) is 1. The third kappa shape index (κ3) is 2.74. The highest BCUT2D eigenvalue weighted by atomic mass is 35.5. The third-order valence-corrected chi connectivity index (χ3v) is 2.97. The molecule has 2 aromatic carbocycles. The summed E-state index contributed by atoms with van der Waals surface area (Å²) in [6.45, 7) is 2.02. The first kappa shape index (κ1) is 12.7. The lowest BCUT2D eigenvalue weighted by Crippen LogP contribution is -2.02. The molecule has 2 nitrogen and oxygen atoms in total. The molecule has 0 atom stereocenters. The Kier molecular flexibility index (Phi) is 3.72. The Morgan fingerprint density at radius 2 is 2.06 bits per heavy atom. The highest BCUT2D eigenvalue weighted by Gasteiger charge is 2.08. The molecule has 0 aliphatic rings. The summed E-state index contributed by atoms with van der Waals surface area (Å²) in [5.41, 5.74) is 7.93. The number of benzene rings is 2. The van der Waals surface area contributed by atoms with Crippen LogP contribution in [0.15, 0.2) is 36.4 Å². The van der Waals surface area contributed by atoms with Gasteiger partial charge in [-0.1, -0.05) is 23.7 Å². The van der Waals surface area contributed by atoms with Gasteiger partial charge in [0.2, 0.25) is 0 Å². The molecule has 2 aromatic rings. The number of halogens is 2. The summed E-state index contributed by atoms with van der Waals surface area (Å²) in [7, 11) is 0. The standard InChI is InChI=1S/C14H13ClFNO/c1-9-5-6-12(16)14(7-9)18-8-10-11(15)3-2-4-13(10)17/h2-7H,8,17H2,1H3. The van der Waals surface area contributed by atoms with E-state index in [2.05, 4.69) is 0 Å². The lowest BCUT2D eigenvalue weighted by atomic mass is 10.2. The third-order valence-electron chi connectivity index (χ3n) is 2.61. The second-order valence-electron chi connectivity index (χ2n) is 4.03. The fraction of sp³-hybridized carbons (Fsp3) is 0.143. The molecule has 0 aliphatic heterocycles. The smallest absolute Gasteiger partial charge is 0.165 e. The van der Waals surface area contributed by atoms with Gasteiger partial charge >= 0.3 is 0 Å². The molecule has 2 rings (SSSR count). The zero-order chi connectivity index (χ0) is 13.1. The molecule has 4 heteroatoms. The minimum Gasteiger partial charge on any atom is -0.486 e. The highest BCUT2D eigenvalue weighted by Crippen LogP contribution is 2.25. The van der Waals surface area contributed by atoms with Crippen molar-refractivity contribution in [1.29, 1.82) is 0 Å². The first-order valence-corrected chi connectivity index (χ1v) is 5.87. The number of nitrogen functional groups attached to an aromatic ring is 1. The first-order chi connectivity index (χ1) is 8.58. The fourth-order valence-corrected chi connectivity index (χ4v) is 1.84. The van der Waals surface area contributed by atoms with Crippen LogP contribution < -0.4 is 10.5 Å². The van der Waals surface area contributed by atoms with Crippen molar-refractivity contribution in [2.75, 3.05) is 5.73 Å². The quantitative estimate of drug-likeness (QED) is 0.853. The molecule has 0 unspecified atom stereocenters. The van der Waals surface area contributed by atoms with Crippen molar-refractivity contribution in [3.05, 3.63) is 58.4 Å². The normalized spacial score (nSPS) is 10.4. The van der Waals surface area contributed by atoms with E-state index >= 15 is 0 Å². The van der Waals surface area contributed by atoms with Crippen molar-refractivity contribution in [3.8, 4) is 5.75 Å². The van der Waals surface area contributed by atoms with Crippen LogP contribution in [0.4, 0.5) is 10.1 Å². The summed E-state index contributed by atoms with van der Waals surface area (Å²) in [6.07, 6.45) is 0. The Morgan fingerprint density at radius 3 is 2.78 bits per heavy atom. The number of aryl methyl sites for hydroxylation is 1. The van der Waals surface area contributed by atoms with Crippen LogP contribution in [-0.4, -0.2) is 0 Å². The van der Waals surface area contributed by atoms with Crippen LogP contribution in [0.5, 0.6) is 5.75 Å². The van der Waals surface area contributed by atoms with Crippen molar-refractivity contribution in [1.82, 2.24) is 0 Å². The monoisotopic (exact) mass is 265 g/mol. The molecule has 0 fully saturated rings. The van der Waals surface area contributed by atoms with Crippen molar-refractivity contribution in [2.24, 2.45) is 0 Å². The maximum atomic E-state index is 13.5. The van der Waals surface area contributed by atoms with Crippen LogP contribution in [-0.2, 0) is 6.61 Å². The maximum absolute atomic E-state index is 13.5. The number of anilines is 1. The molecule has 0 saturated heterocycles. The van der Waals surface area contributed by atoms with E-state index in [9.17, 15) is 4.39 Å². The molecule has 0 heterocycles. The summed E-state index contributed by atoms with van der Waals surface area (Å²) < 4.78 is 18.9. The zero-order valence-electron chi connectivity index (χ0n) is 9.91. The van der Waals surface area contributed by atoms with Crippen LogP contribution in [0.3, 0.4) is 0 Å². The SMILES string of the molecule is Cc1ccc(F)c(OCc2c(N)cccc2Cl)c1. The number of hydrogen-bond acceptors (Lipinski definition) is 2. The fourth-order valence-electron chi connectivity index (χ4n) is 1.60. The molecule has 2 N–H and O–H groups in total. The molecular weight excluding hydrogens is 253 g/mol. The van der Waals surface area contributed by atoms with Gasteiger partial charge in [-0.05, 0) is 36.8 Å². The van der Waals surface area contributed by atoms with Gasteiger partial charge in [0.1, 0.15) is 6.61 Å². The lowest BCUT2D eigenvalue weighted by Gasteiger charge is -2.11. The summed E-state index contributed by atoms with van der Waals surface area (Å²) >= 11 is 6.01. The minimum absolute atomic E-state index is 0.145. The van der Waals surface area contributed by atoms with Crippen molar-refractivity contribution in [3.63, 3.8) is 0 Å². The average Bonchev–Trinajstić information content (AvgIpc) is 2.33. The number of ether oxygens (including phenoxy) is 1. The Hall–Kier alpha value is -1.74. The van der Waals surface area contributed by atoms with E-state index < -0.39 is 5.82 Å². The van der Waals surface area contributed by atoms with Gasteiger partial charge in [-0.2, -0.15) is 0 Å². The van der Waals surface area contributed by atoms with E-state index in [4.69, 9.17) is 22.1 Å². The van der Waals surface area contributed by atoms with E-state index in [1.165, 1.54) is 6.07 Å². The highest BCUT2D eigenvalue weighted by molar-refractivity contribution is 6.31. The van der Waals surface area contributed by atoms with E-state index in [1.807, 2.05) is 6.92 Å². The molecule has 0 radical (unpaired) electrons. The molecule has 0 aliphatic carbocycles. The molecule has 0 saturated carbocycles. The van der Waals surface area contributed by atoms with Gasteiger partial charge in [0.25, 0.3) is 0 Å². The summed E-state index contributed by atoms with van der Waals surface area (Å²) in [4.78, 5) is 0. The Bertz CT molecular complexity index is 551. The topological polar surface area (TPSA) is 35.2 Å². The maximum Gasteiger partial charge on any atom is 0.165 e. The summed E-state index contributed by atoms with van der Waals surface area (Å²) in [5.74, 6) is -0.194. The van der Waals surface area contributed by atoms with Gasteiger partial charge in [-0.3, -0.25) is 0 Å². The predicted molar refractivity (Wildman–Crippen MR) is 71.3 cm³/mol. The van der Waals surface area contributed by atoms with Crippen molar-refractivity contribution < 1.29 is 9.13 Å². The molecule has 94 valence electrons. The van der Waals surface area contributed by atoms with E-state index in [-0.39, 0.29) is 12.4 Å². The molecule has 0 spiro atoms. The number of rotatable bonds is 3. The Morgan fingerprint density at radius 1 is 1.28 bits per heavy atom. The van der Waals surface area contributed by atoms with Gasteiger partial charge < -0.3 is 10.5 Å². The molecular formula is C14H13ClFNO. The Labute approximate surface area is 110 Å². The van der Waals surface area contributed by atoms with Gasteiger partial charge in [0.05, 0.1) is 0 Å². The molecule has 0 amide bonds. The van der Waals surface area contributed by atoms with E-state index in [0.717, 1.165) is 5.56 Å². The van der Waals surface area contributed by atoms with E-state index in [1.54, 1.807) is 30.3 Å². The minimum atomic E-state index is -0.397. The largest absolute Gasteiger partial charge is 0.486 e. The zero-order valence-corrected chi connectivity index (χ0v) is 10.7. The van der Waals surface area contributed by atoms with E-state index in [0.29, 0.717) is 16.3 Å². The van der Waals surface area contributed by atoms with Gasteiger partial charge in [0, 0.05) is 16.3 Å². The molecule has 0 bridgehead atoms. The summed E-state index contributed by atoms with van der Waals surface area (Å²) in [6, 6.07) is 9.92.